The van der Waals surface area contributed by atoms with Crippen molar-refractivity contribution in [2.24, 2.45) is 0 Å². The van der Waals surface area contributed by atoms with Gasteiger partial charge in [-0.2, -0.15) is 0 Å². The molecule has 0 fully saturated rings. The van der Waals surface area contributed by atoms with E-state index in [2.05, 4.69) is 36.6 Å². The Bertz CT molecular complexity index is 932. The predicted octanol–water partition coefficient (Wildman–Crippen LogP) is 3.56. The van der Waals surface area contributed by atoms with E-state index in [0.29, 0.717) is 5.56 Å². The second kappa shape index (κ2) is 5.64. The van der Waals surface area contributed by atoms with Crippen molar-refractivity contribution in [3.8, 4) is 0 Å². The Hall–Kier alpha value is -2.88. The fourth-order valence-electron chi connectivity index (χ4n) is 3.07. The maximum absolute atomic E-state index is 12.5. The van der Waals surface area contributed by atoms with E-state index in [1.807, 2.05) is 36.2 Å². The van der Waals surface area contributed by atoms with Crippen LogP contribution >= 0.6 is 0 Å². The first-order valence-corrected chi connectivity index (χ1v) is 8.16. The first-order valence-electron chi connectivity index (χ1n) is 8.16. The van der Waals surface area contributed by atoms with Gasteiger partial charge in [0, 0.05) is 17.5 Å². The van der Waals surface area contributed by atoms with E-state index in [1.165, 1.54) is 11.1 Å². The normalized spacial score (nSPS) is 13.2. The highest BCUT2D eigenvalue weighted by atomic mass is 16.2. The highest BCUT2D eigenvalue weighted by Gasteiger charge is 2.23. The number of amides is 1. The molecule has 0 unspecified atom stereocenters. The van der Waals surface area contributed by atoms with Crippen LogP contribution in [0.3, 0.4) is 0 Å². The Morgan fingerprint density at radius 3 is 2.58 bits per heavy atom. The van der Waals surface area contributed by atoms with Crippen LogP contribution in [0.2, 0.25) is 0 Å². The van der Waals surface area contributed by atoms with Crippen LogP contribution in [0.5, 0.6) is 0 Å². The lowest BCUT2D eigenvalue weighted by molar-refractivity contribution is 0.0949. The maximum atomic E-state index is 12.5. The summed E-state index contributed by atoms with van der Waals surface area (Å²) in [5.74, 6) is 0.752. The minimum Gasteiger partial charge on any atom is -0.267 e. The van der Waals surface area contributed by atoms with E-state index in [-0.39, 0.29) is 5.91 Å². The molecule has 2 aromatic carbocycles. The average molecular weight is 317 g/mol. The number of anilines is 1. The van der Waals surface area contributed by atoms with Crippen LogP contribution < -0.4 is 10.4 Å². The van der Waals surface area contributed by atoms with Gasteiger partial charge in [0.1, 0.15) is 0 Å². The fourth-order valence-corrected chi connectivity index (χ4v) is 3.07. The van der Waals surface area contributed by atoms with Crippen molar-refractivity contribution in [1.29, 1.82) is 0 Å². The first-order chi connectivity index (χ1) is 11.6. The third-order valence-electron chi connectivity index (χ3n) is 4.44. The summed E-state index contributed by atoms with van der Waals surface area (Å²) in [6.07, 6.45) is 0.889. The number of hydrogen-bond acceptors (Lipinski definition) is 3. The number of carbonyl (C=O) groups excluding carboxylic acids is 1. The molecule has 1 amide bonds. The van der Waals surface area contributed by atoms with Gasteiger partial charge in [-0.15, -0.1) is 0 Å². The first kappa shape index (κ1) is 14.7. The molecule has 1 aliphatic rings. The summed E-state index contributed by atoms with van der Waals surface area (Å²) in [7, 11) is 0. The van der Waals surface area contributed by atoms with Crippen molar-refractivity contribution in [1.82, 2.24) is 10.4 Å². The van der Waals surface area contributed by atoms with Crippen LogP contribution in [0.1, 0.15) is 27.0 Å². The Morgan fingerprint density at radius 1 is 1.04 bits per heavy atom. The summed E-state index contributed by atoms with van der Waals surface area (Å²) in [5, 5.41) is 3.00. The number of nitrogens with zero attached hydrogens (tertiary/aromatic N) is 2. The summed E-state index contributed by atoms with van der Waals surface area (Å²) in [6, 6.07) is 16.0. The molecule has 0 atom stereocenters. The van der Waals surface area contributed by atoms with Crippen LogP contribution in [-0.2, 0) is 6.42 Å². The number of aryl methyl sites for hydroxylation is 2. The second-order valence-electron chi connectivity index (χ2n) is 6.38. The monoisotopic (exact) mass is 317 g/mol. The SMILES string of the molecule is Cc1ccc(C(=O)NN2CCc3cc4ccc(C)cc4nc32)cc1. The van der Waals surface area contributed by atoms with Gasteiger partial charge < -0.3 is 0 Å². The van der Waals surface area contributed by atoms with E-state index in [0.717, 1.165) is 35.2 Å². The molecule has 0 radical (unpaired) electrons. The minimum atomic E-state index is -0.103. The molecule has 120 valence electrons. The molecule has 0 spiro atoms. The molecule has 2 heterocycles. The van der Waals surface area contributed by atoms with Gasteiger partial charge in [-0.25, -0.2) is 4.98 Å². The van der Waals surface area contributed by atoms with Crippen LogP contribution in [0, 0.1) is 13.8 Å². The molecular formula is C20H19N3O. The molecule has 1 aliphatic heterocycles. The molecule has 0 aliphatic carbocycles. The van der Waals surface area contributed by atoms with Gasteiger partial charge >= 0.3 is 0 Å². The van der Waals surface area contributed by atoms with Crippen molar-refractivity contribution in [2.75, 3.05) is 11.6 Å². The lowest BCUT2D eigenvalue weighted by atomic mass is 10.1. The van der Waals surface area contributed by atoms with Gasteiger partial charge in [0.2, 0.25) is 0 Å². The average Bonchev–Trinajstić information content (AvgIpc) is 2.95. The molecule has 0 saturated heterocycles. The maximum Gasteiger partial charge on any atom is 0.269 e. The second-order valence-corrected chi connectivity index (χ2v) is 6.38. The Labute approximate surface area is 141 Å². The fraction of sp³-hybridized carbons (Fsp3) is 0.200. The van der Waals surface area contributed by atoms with Crippen molar-refractivity contribution in [2.45, 2.75) is 20.3 Å². The summed E-state index contributed by atoms with van der Waals surface area (Å²) >= 11 is 0. The van der Waals surface area contributed by atoms with E-state index in [1.54, 1.807) is 0 Å². The lowest BCUT2D eigenvalue weighted by Gasteiger charge is -2.19. The lowest BCUT2D eigenvalue weighted by Crippen LogP contribution is -2.41. The van der Waals surface area contributed by atoms with E-state index in [9.17, 15) is 4.79 Å². The van der Waals surface area contributed by atoms with Crippen LogP contribution in [0.4, 0.5) is 5.82 Å². The molecule has 1 aromatic heterocycles. The van der Waals surface area contributed by atoms with Gasteiger partial charge in [-0.3, -0.25) is 15.2 Å². The summed E-state index contributed by atoms with van der Waals surface area (Å²) < 4.78 is 0. The number of hydrogen-bond donors (Lipinski definition) is 1. The van der Waals surface area contributed by atoms with Crippen molar-refractivity contribution < 1.29 is 4.79 Å². The Kier molecular flexibility index (Phi) is 3.45. The topological polar surface area (TPSA) is 45.2 Å². The van der Waals surface area contributed by atoms with Crippen molar-refractivity contribution in [3.05, 3.63) is 70.8 Å². The number of pyridine rings is 1. The zero-order valence-corrected chi connectivity index (χ0v) is 13.8. The molecule has 0 saturated carbocycles. The third kappa shape index (κ3) is 2.60. The summed E-state index contributed by atoms with van der Waals surface area (Å²) in [6.45, 7) is 4.82. The zero-order valence-electron chi connectivity index (χ0n) is 13.8. The number of nitrogens with one attached hydrogen (secondary N) is 1. The number of benzene rings is 2. The Balaban J connectivity index is 1.63. The summed E-state index contributed by atoms with van der Waals surface area (Å²) in [5.41, 5.74) is 8.10. The van der Waals surface area contributed by atoms with Gasteiger partial charge in [0.25, 0.3) is 5.91 Å². The van der Waals surface area contributed by atoms with Gasteiger partial charge in [-0.1, -0.05) is 29.8 Å². The van der Waals surface area contributed by atoms with Gasteiger partial charge in [0.05, 0.1) is 5.52 Å². The quantitative estimate of drug-likeness (QED) is 0.786. The minimum absolute atomic E-state index is 0.103. The third-order valence-corrected chi connectivity index (χ3v) is 4.44. The largest absolute Gasteiger partial charge is 0.269 e. The van der Waals surface area contributed by atoms with Crippen molar-refractivity contribution in [3.63, 3.8) is 0 Å². The van der Waals surface area contributed by atoms with E-state index < -0.39 is 0 Å². The molecular weight excluding hydrogens is 298 g/mol. The molecule has 4 heteroatoms. The Morgan fingerprint density at radius 2 is 1.79 bits per heavy atom. The molecule has 3 aromatic rings. The van der Waals surface area contributed by atoms with Crippen LogP contribution in [-0.4, -0.2) is 17.4 Å². The van der Waals surface area contributed by atoms with Crippen LogP contribution in [0.25, 0.3) is 10.9 Å². The summed E-state index contributed by atoms with van der Waals surface area (Å²) in [4.78, 5) is 17.2. The highest BCUT2D eigenvalue weighted by Crippen LogP contribution is 2.28. The number of rotatable bonds is 2. The van der Waals surface area contributed by atoms with E-state index in [4.69, 9.17) is 4.98 Å². The van der Waals surface area contributed by atoms with Crippen molar-refractivity contribution >= 4 is 22.6 Å². The molecule has 24 heavy (non-hydrogen) atoms. The molecule has 4 rings (SSSR count). The number of carbonyl (C=O) groups is 1. The van der Waals surface area contributed by atoms with Crippen LogP contribution in [0.15, 0.2) is 48.5 Å². The predicted molar refractivity (Wildman–Crippen MR) is 96.2 cm³/mol. The number of hydrazine groups is 1. The van der Waals surface area contributed by atoms with Gasteiger partial charge in [0.15, 0.2) is 5.82 Å². The smallest absolute Gasteiger partial charge is 0.267 e. The number of fused-ring (bicyclic) bond motifs is 2. The molecule has 1 N–H and O–H groups in total. The zero-order chi connectivity index (χ0) is 16.7. The van der Waals surface area contributed by atoms with Gasteiger partial charge in [-0.05, 0) is 55.7 Å². The standard InChI is InChI=1S/C20H19N3O/c1-13-3-6-15(7-4-13)20(24)22-23-10-9-17-12-16-8-5-14(2)11-18(16)21-19(17)23/h3-8,11-12H,9-10H2,1-2H3,(H,22,24). The molecule has 0 bridgehead atoms. The number of aromatic nitrogens is 1. The molecule has 4 nitrogen and oxygen atoms in total. The van der Waals surface area contributed by atoms with E-state index >= 15 is 0 Å². The highest BCUT2D eigenvalue weighted by molar-refractivity contribution is 5.95.